The number of carbonyl (C=O) groups is 1. The van der Waals surface area contributed by atoms with Gasteiger partial charge in [-0.15, -0.1) is 0 Å². The van der Waals surface area contributed by atoms with E-state index < -0.39 is 0 Å². The summed E-state index contributed by atoms with van der Waals surface area (Å²) < 4.78 is 1.58. The molecule has 23 heavy (non-hydrogen) atoms. The minimum absolute atomic E-state index is 0.188. The van der Waals surface area contributed by atoms with Crippen molar-refractivity contribution < 1.29 is 4.79 Å². The van der Waals surface area contributed by atoms with Gasteiger partial charge in [-0.25, -0.2) is 4.98 Å². The molecule has 3 rings (SSSR count). The molecule has 0 N–H and O–H groups in total. The zero-order chi connectivity index (χ0) is 16.2. The van der Waals surface area contributed by atoms with Gasteiger partial charge in [-0.2, -0.15) is 0 Å². The Morgan fingerprint density at radius 3 is 2.65 bits per heavy atom. The van der Waals surface area contributed by atoms with Crippen LogP contribution in [0.4, 0.5) is 0 Å². The average Bonchev–Trinajstić information content (AvgIpc) is 2.56. The first kappa shape index (κ1) is 15.6. The maximum Gasteiger partial charge on any atom is 0.283 e. The molecule has 0 radical (unpaired) electrons. The van der Waals surface area contributed by atoms with Gasteiger partial charge in [0.25, 0.3) is 5.91 Å². The standard InChI is InChI=1S/C18H22N4O/c1-13-8-9-22(18(23)16-12-19-14(2)11-20-16)17(10-13)21-15-6-4-3-5-7-15/h8-12,15H,3-7H2,1-2H3. The van der Waals surface area contributed by atoms with Crippen LogP contribution < -0.4 is 5.49 Å². The second kappa shape index (κ2) is 6.86. The van der Waals surface area contributed by atoms with Gasteiger partial charge < -0.3 is 0 Å². The van der Waals surface area contributed by atoms with E-state index in [9.17, 15) is 4.79 Å². The lowest BCUT2D eigenvalue weighted by Crippen LogP contribution is -2.30. The fourth-order valence-corrected chi connectivity index (χ4v) is 2.88. The van der Waals surface area contributed by atoms with E-state index in [1.807, 2.05) is 26.0 Å². The van der Waals surface area contributed by atoms with E-state index >= 15 is 0 Å². The van der Waals surface area contributed by atoms with Crippen LogP contribution in [0.1, 0.15) is 53.8 Å². The van der Waals surface area contributed by atoms with Crippen molar-refractivity contribution in [3.8, 4) is 0 Å². The Morgan fingerprint density at radius 2 is 1.96 bits per heavy atom. The zero-order valence-corrected chi connectivity index (χ0v) is 13.7. The van der Waals surface area contributed by atoms with Crippen molar-refractivity contribution in [1.82, 2.24) is 14.5 Å². The van der Waals surface area contributed by atoms with Gasteiger partial charge in [0.15, 0.2) is 0 Å². The lowest BCUT2D eigenvalue weighted by atomic mass is 9.96. The molecule has 1 aliphatic rings. The van der Waals surface area contributed by atoms with E-state index in [0.29, 0.717) is 17.2 Å². The Bertz CT molecular complexity index is 755. The molecule has 0 bridgehead atoms. The topological polar surface area (TPSA) is 60.1 Å². The lowest BCUT2D eigenvalue weighted by molar-refractivity contribution is 0.0949. The predicted octanol–water partition coefficient (Wildman–Crippen LogP) is 2.82. The van der Waals surface area contributed by atoms with Crippen LogP contribution in [0.15, 0.2) is 35.7 Å². The minimum Gasteiger partial charge on any atom is -0.266 e. The summed E-state index contributed by atoms with van der Waals surface area (Å²) in [4.78, 5) is 25.9. The maximum absolute atomic E-state index is 12.7. The maximum atomic E-state index is 12.7. The number of carbonyl (C=O) groups excluding carboxylic acids is 1. The third-order valence-corrected chi connectivity index (χ3v) is 4.20. The second-order valence-electron chi connectivity index (χ2n) is 6.20. The van der Waals surface area contributed by atoms with E-state index in [4.69, 9.17) is 4.99 Å². The highest BCUT2D eigenvalue weighted by molar-refractivity contribution is 5.93. The smallest absolute Gasteiger partial charge is 0.266 e. The second-order valence-corrected chi connectivity index (χ2v) is 6.20. The molecule has 0 atom stereocenters. The zero-order valence-electron chi connectivity index (χ0n) is 13.7. The molecular weight excluding hydrogens is 288 g/mol. The molecular formula is C18H22N4O. The molecule has 0 spiro atoms. The highest BCUT2D eigenvalue weighted by Crippen LogP contribution is 2.19. The molecule has 5 heteroatoms. The molecule has 2 aromatic heterocycles. The summed E-state index contributed by atoms with van der Waals surface area (Å²) in [5.74, 6) is -0.188. The Labute approximate surface area is 136 Å². The Balaban J connectivity index is 1.99. The highest BCUT2D eigenvalue weighted by atomic mass is 16.2. The number of rotatable bonds is 2. The summed E-state index contributed by atoms with van der Waals surface area (Å²) in [5.41, 5.74) is 2.94. The van der Waals surface area contributed by atoms with Crippen LogP contribution in [0.2, 0.25) is 0 Å². The van der Waals surface area contributed by atoms with Gasteiger partial charge >= 0.3 is 0 Å². The van der Waals surface area contributed by atoms with Crippen LogP contribution >= 0.6 is 0 Å². The molecule has 5 nitrogen and oxygen atoms in total. The van der Waals surface area contributed by atoms with E-state index in [1.54, 1.807) is 17.0 Å². The van der Waals surface area contributed by atoms with Crippen molar-refractivity contribution in [2.75, 3.05) is 0 Å². The van der Waals surface area contributed by atoms with Crippen LogP contribution in [-0.2, 0) is 0 Å². The van der Waals surface area contributed by atoms with E-state index in [1.165, 1.54) is 25.5 Å². The molecule has 0 saturated heterocycles. The number of nitrogens with zero attached hydrogens (tertiary/aromatic N) is 4. The minimum atomic E-state index is -0.188. The fraction of sp³-hybridized carbons (Fsp3) is 0.444. The largest absolute Gasteiger partial charge is 0.283 e. The van der Waals surface area contributed by atoms with Gasteiger partial charge in [0.1, 0.15) is 11.2 Å². The van der Waals surface area contributed by atoms with Crippen molar-refractivity contribution >= 4 is 5.91 Å². The quantitative estimate of drug-likeness (QED) is 0.857. The summed E-state index contributed by atoms with van der Waals surface area (Å²) in [6.45, 7) is 3.87. The van der Waals surface area contributed by atoms with Gasteiger partial charge in [-0.3, -0.25) is 19.3 Å². The van der Waals surface area contributed by atoms with E-state index in [0.717, 1.165) is 24.1 Å². The number of aryl methyl sites for hydroxylation is 2. The summed E-state index contributed by atoms with van der Waals surface area (Å²) in [5, 5.41) is 0. The molecule has 2 aromatic rings. The summed E-state index contributed by atoms with van der Waals surface area (Å²) in [7, 11) is 0. The van der Waals surface area contributed by atoms with Crippen LogP contribution in [0.25, 0.3) is 0 Å². The molecule has 1 aliphatic carbocycles. The van der Waals surface area contributed by atoms with Crippen LogP contribution in [-0.4, -0.2) is 26.5 Å². The van der Waals surface area contributed by atoms with Gasteiger partial charge in [0, 0.05) is 12.4 Å². The summed E-state index contributed by atoms with van der Waals surface area (Å²) in [6.07, 6.45) is 10.8. The van der Waals surface area contributed by atoms with Crippen LogP contribution in [0, 0.1) is 13.8 Å². The van der Waals surface area contributed by atoms with Gasteiger partial charge in [0.05, 0.1) is 17.9 Å². The molecule has 120 valence electrons. The van der Waals surface area contributed by atoms with Crippen molar-refractivity contribution in [3.63, 3.8) is 0 Å². The van der Waals surface area contributed by atoms with Gasteiger partial charge in [-0.1, -0.05) is 19.3 Å². The number of hydrogen-bond acceptors (Lipinski definition) is 4. The Kier molecular flexibility index (Phi) is 4.65. The molecule has 1 fully saturated rings. The van der Waals surface area contributed by atoms with Crippen molar-refractivity contribution in [2.45, 2.75) is 52.0 Å². The molecule has 0 aliphatic heterocycles. The Morgan fingerprint density at radius 1 is 1.17 bits per heavy atom. The SMILES string of the molecule is Cc1ccn(C(=O)c2cnc(C)cn2)c(=NC2CCCCC2)c1. The summed E-state index contributed by atoms with van der Waals surface area (Å²) in [6, 6.07) is 4.20. The molecule has 1 saturated carbocycles. The Hall–Kier alpha value is -2.30. The van der Waals surface area contributed by atoms with Crippen LogP contribution in [0.5, 0.6) is 0 Å². The molecule has 0 unspecified atom stereocenters. The number of aromatic nitrogens is 3. The van der Waals surface area contributed by atoms with Crippen molar-refractivity contribution in [1.29, 1.82) is 0 Å². The first-order chi connectivity index (χ1) is 11.1. The monoisotopic (exact) mass is 310 g/mol. The molecule has 2 heterocycles. The van der Waals surface area contributed by atoms with Crippen molar-refractivity contribution in [3.05, 3.63) is 53.2 Å². The van der Waals surface area contributed by atoms with Crippen molar-refractivity contribution in [2.24, 2.45) is 4.99 Å². The summed E-state index contributed by atoms with van der Waals surface area (Å²) >= 11 is 0. The molecule has 0 amide bonds. The first-order valence-corrected chi connectivity index (χ1v) is 8.20. The number of hydrogen-bond donors (Lipinski definition) is 0. The third kappa shape index (κ3) is 3.73. The first-order valence-electron chi connectivity index (χ1n) is 8.20. The number of pyridine rings is 1. The van der Waals surface area contributed by atoms with E-state index in [2.05, 4.69) is 9.97 Å². The average molecular weight is 310 g/mol. The predicted molar refractivity (Wildman–Crippen MR) is 88.1 cm³/mol. The molecule has 0 aromatic carbocycles. The fourth-order valence-electron chi connectivity index (χ4n) is 2.88. The normalized spacial score (nSPS) is 16.5. The lowest BCUT2D eigenvalue weighted by Gasteiger charge is -2.18. The van der Waals surface area contributed by atoms with E-state index in [-0.39, 0.29) is 5.91 Å². The van der Waals surface area contributed by atoms with Gasteiger partial charge in [-0.05, 0) is 44.4 Å². The third-order valence-electron chi connectivity index (χ3n) is 4.20. The highest BCUT2D eigenvalue weighted by Gasteiger charge is 2.14. The van der Waals surface area contributed by atoms with Crippen LogP contribution in [0.3, 0.4) is 0 Å². The van der Waals surface area contributed by atoms with Gasteiger partial charge in [0.2, 0.25) is 0 Å².